The van der Waals surface area contributed by atoms with Crippen molar-refractivity contribution in [3.63, 3.8) is 0 Å². The van der Waals surface area contributed by atoms with E-state index in [0.29, 0.717) is 14.8 Å². The van der Waals surface area contributed by atoms with Gasteiger partial charge in [0.2, 0.25) is 10.0 Å². The second kappa shape index (κ2) is 7.22. The highest BCUT2D eigenvalue weighted by atomic mass is 35.5. The number of amides is 1. The van der Waals surface area contributed by atoms with Gasteiger partial charge in [-0.15, -0.1) is 0 Å². The van der Waals surface area contributed by atoms with Crippen molar-refractivity contribution in [2.45, 2.75) is 14.7 Å². The van der Waals surface area contributed by atoms with Crippen LogP contribution in [-0.2, 0) is 10.0 Å². The standard InChI is InChI=1S/C14H13ClN4O3S2/c15-9-3-1-2-4-10(9)23-11-6-5-8(13(20)19-14(16)17)7-12(11)24(18,21)22/h1-7H,(H2,18,21,22)(H4,16,17,19,20). The van der Waals surface area contributed by atoms with Gasteiger partial charge in [-0.25, -0.2) is 13.6 Å². The lowest BCUT2D eigenvalue weighted by molar-refractivity contribution is 0.0976. The molecule has 0 radical (unpaired) electrons. The molecule has 0 spiro atoms. The molecule has 0 bridgehead atoms. The Labute approximate surface area is 147 Å². The summed E-state index contributed by atoms with van der Waals surface area (Å²) in [6.07, 6.45) is 0. The van der Waals surface area contributed by atoms with Gasteiger partial charge in [0, 0.05) is 15.4 Å². The van der Waals surface area contributed by atoms with Crippen molar-refractivity contribution in [2.75, 3.05) is 0 Å². The summed E-state index contributed by atoms with van der Waals surface area (Å²) in [5.41, 5.74) is 5.10. The Bertz CT molecular complexity index is 916. The summed E-state index contributed by atoms with van der Waals surface area (Å²) >= 11 is 7.19. The minimum atomic E-state index is -4.08. The molecule has 126 valence electrons. The molecule has 0 aliphatic rings. The zero-order valence-electron chi connectivity index (χ0n) is 12.1. The monoisotopic (exact) mass is 384 g/mol. The number of sulfonamides is 1. The Balaban J connectivity index is 2.47. The average molecular weight is 385 g/mol. The zero-order chi connectivity index (χ0) is 17.9. The minimum absolute atomic E-state index is 0.0118. The number of benzene rings is 2. The topological polar surface area (TPSA) is 139 Å². The lowest BCUT2D eigenvalue weighted by Crippen LogP contribution is -2.35. The molecule has 0 saturated heterocycles. The summed E-state index contributed by atoms with van der Waals surface area (Å²) in [4.78, 5) is 12.6. The van der Waals surface area contributed by atoms with E-state index in [1.165, 1.54) is 12.1 Å². The third kappa shape index (κ3) is 4.48. The first-order valence-corrected chi connectivity index (χ1v) is 9.17. The minimum Gasteiger partial charge on any atom is -0.370 e. The molecule has 0 unspecified atom stereocenters. The molecule has 0 aromatic heterocycles. The molecular weight excluding hydrogens is 372 g/mol. The van der Waals surface area contributed by atoms with Gasteiger partial charge < -0.3 is 5.73 Å². The van der Waals surface area contributed by atoms with E-state index in [4.69, 9.17) is 27.9 Å². The van der Waals surface area contributed by atoms with E-state index in [9.17, 15) is 13.2 Å². The number of nitrogens with two attached hydrogens (primary N) is 2. The van der Waals surface area contributed by atoms with Gasteiger partial charge >= 0.3 is 0 Å². The molecule has 6 N–H and O–H groups in total. The Hall–Kier alpha value is -2.07. The summed E-state index contributed by atoms with van der Waals surface area (Å²) in [5, 5.41) is 14.8. The van der Waals surface area contributed by atoms with Gasteiger partial charge in [0.1, 0.15) is 0 Å². The largest absolute Gasteiger partial charge is 0.370 e. The van der Waals surface area contributed by atoms with Crippen molar-refractivity contribution in [3.8, 4) is 0 Å². The first-order chi connectivity index (χ1) is 11.2. The molecule has 10 heteroatoms. The molecule has 24 heavy (non-hydrogen) atoms. The highest BCUT2D eigenvalue weighted by molar-refractivity contribution is 8.00. The molecule has 0 fully saturated rings. The second-order valence-electron chi connectivity index (χ2n) is 4.61. The van der Waals surface area contributed by atoms with Crippen molar-refractivity contribution < 1.29 is 13.2 Å². The van der Waals surface area contributed by atoms with Gasteiger partial charge in [0.05, 0.1) is 9.92 Å². The SMILES string of the molecule is N=C(N)NC(=O)c1ccc(Sc2ccccc2Cl)c(S(N)(=O)=O)c1. The van der Waals surface area contributed by atoms with Crippen molar-refractivity contribution in [3.05, 3.63) is 53.1 Å². The maximum Gasteiger partial charge on any atom is 0.257 e. The number of carbonyl (C=O) groups is 1. The van der Waals surface area contributed by atoms with Crippen molar-refractivity contribution in [1.82, 2.24) is 5.32 Å². The molecule has 7 nitrogen and oxygen atoms in total. The summed E-state index contributed by atoms with van der Waals surface area (Å²) < 4.78 is 23.7. The Morgan fingerprint density at radius 3 is 2.42 bits per heavy atom. The van der Waals surface area contributed by atoms with Crippen LogP contribution in [0.2, 0.25) is 5.02 Å². The van der Waals surface area contributed by atoms with Crippen molar-refractivity contribution >= 4 is 45.3 Å². The quantitative estimate of drug-likeness (QED) is 0.469. The van der Waals surface area contributed by atoms with Gasteiger partial charge in [-0.3, -0.25) is 15.5 Å². The van der Waals surface area contributed by atoms with Crippen LogP contribution in [0.1, 0.15) is 10.4 Å². The zero-order valence-corrected chi connectivity index (χ0v) is 14.5. The van der Waals surface area contributed by atoms with Gasteiger partial charge in [-0.1, -0.05) is 35.5 Å². The van der Waals surface area contributed by atoms with Crippen LogP contribution in [0, 0.1) is 5.41 Å². The Morgan fingerprint density at radius 2 is 1.83 bits per heavy atom. The van der Waals surface area contributed by atoms with Crippen LogP contribution >= 0.6 is 23.4 Å². The normalized spacial score (nSPS) is 11.1. The first-order valence-electron chi connectivity index (χ1n) is 6.43. The fraction of sp³-hybridized carbons (Fsp3) is 0. The molecule has 2 rings (SSSR count). The lowest BCUT2D eigenvalue weighted by atomic mass is 10.2. The number of guanidine groups is 1. The molecule has 0 heterocycles. The molecule has 0 atom stereocenters. The van der Waals surface area contributed by atoms with Gasteiger partial charge in [-0.05, 0) is 30.3 Å². The van der Waals surface area contributed by atoms with Crippen LogP contribution in [0.15, 0.2) is 57.2 Å². The van der Waals surface area contributed by atoms with E-state index >= 15 is 0 Å². The highest BCUT2D eigenvalue weighted by Gasteiger charge is 2.19. The van der Waals surface area contributed by atoms with Crippen LogP contribution in [0.25, 0.3) is 0 Å². The molecule has 1 amide bonds. The highest BCUT2D eigenvalue weighted by Crippen LogP contribution is 2.36. The summed E-state index contributed by atoms with van der Waals surface area (Å²) in [6, 6.07) is 10.9. The third-order valence-corrected chi connectivity index (χ3v) is 5.49. The molecule has 2 aromatic rings. The number of rotatable bonds is 4. The van der Waals surface area contributed by atoms with Gasteiger partial charge in [0.25, 0.3) is 5.91 Å². The fourth-order valence-electron chi connectivity index (χ4n) is 1.80. The Morgan fingerprint density at radius 1 is 1.17 bits per heavy atom. The summed E-state index contributed by atoms with van der Waals surface area (Å²) in [6.45, 7) is 0. The smallest absolute Gasteiger partial charge is 0.257 e. The number of nitrogens with one attached hydrogen (secondary N) is 2. The predicted octanol–water partition coefficient (Wildman–Crippen LogP) is 1.76. The molecule has 2 aromatic carbocycles. The van der Waals surface area contributed by atoms with E-state index in [-0.39, 0.29) is 10.5 Å². The third-order valence-electron chi connectivity index (χ3n) is 2.82. The van der Waals surface area contributed by atoms with Gasteiger partial charge in [-0.2, -0.15) is 0 Å². The Kier molecular flexibility index (Phi) is 5.50. The molecular formula is C14H13ClN4O3S2. The fourth-order valence-corrected chi connectivity index (χ4v) is 4.01. The number of hydrogen-bond acceptors (Lipinski definition) is 5. The molecule has 0 aliphatic heterocycles. The van der Waals surface area contributed by atoms with E-state index in [0.717, 1.165) is 17.8 Å². The lowest BCUT2D eigenvalue weighted by Gasteiger charge is -2.11. The van der Waals surface area contributed by atoms with Crippen LogP contribution in [0.4, 0.5) is 0 Å². The van der Waals surface area contributed by atoms with E-state index in [2.05, 4.69) is 5.32 Å². The maximum atomic E-state index is 11.9. The number of halogens is 1. The molecule has 0 aliphatic carbocycles. The second-order valence-corrected chi connectivity index (χ2v) is 7.63. The summed E-state index contributed by atoms with van der Waals surface area (Å²) in [7, 11) is -4.08. The van der Waals surface area contributed by atoms with Gasteiger partial charge in [0.15, 0.2) is 5.96 Å². The van der Waals surface area contributed by atoms with E-state index in [1.54, 1.807) is 24.3 Å². The number of carbonyl (C=O) groups excluding carboxylic acids is 1. The maximum absolute atomic E-state index is 11.9. The first kappa shape index (κ1) is 18.3. The average Bonchev–Trinajstić information content (AvgIpc) is 2.48. The van der Waals surface area contributed by atoms with Crippen molar-refractivity contribution in [1.29, 1.82) is 5.41 Å². The van der Waals surface area contributed by atoms with Crippen LogP contribution < -0.4 is 16.2 Å². The number of hydrogen-bond donors (Lipinski definition) is 4. The predicted molar refractivity (Wildman–Crippen MR) is 92.8 cm³/mol. The number of primary sulfonamides is 1. The van der Waals surface area contributed by atoms with Crippen LogP contribution in [-0.4, -0.2) is 20.3 Å². The van der Waals surface area contributed by atoms with Crippen LogP contribution in [0.5, 0.6) is 0 Å². The van der Waals surface area contributed by atoms with Crippen LogP contribution in [0.3, 0.4) is 0 Å². The molecule has 0 saturated carbocycles. The van der Waals surface area contributed by atoms with E-state index in [1.807, 2.05) is 0 Å². The van der Waals surface area contributed by atoms with Crippen molar-refractivity contribution in [2.24, 2.45) is 10.9 Å². The van der Waals surface area contributed by atoms with E-state index < -0.39 is 21.9 Å². The summed E-state index contributed by atoms with van der Waals surface area (Å²) in [5.74, 6) is -1.26.